The van der Waals surface area contributed by atoms with Crippen molar-refractivity contribution in [3.63, 3.8) is 0 Å². The lowest BCUT2D eigenvalue weighted by atomic mass is 10.0. The Balaban J connectivity index is 1.86. The van der Waals surface area contributed by atoms with Crippen molar-refractivity contribution in [3.05, 3.63) is 35.4 Å². The molecule has 1 aromatic rings. The van der Waals surface area contributed by atoms with E-state index in [1.807, 2.05) is 5.32 Å². The van der Waals surface area contributed by atoms with Gasteiger partial charge in [0.15, 0.2) is 0 Å². The van der Waals surface area contributed by atoms with E-state index < -0.39 is 12.1 Å². The summed E-state index contributed by atoms with van der Waals surface area (Å²) < 4.78 is 36.1. The Morgan fingerprint density at radius 1 is 1.30 bits per heavy atom. The van der Waals surface area contributed by atoms with Gasteiger partial charge in [-0.25, -0.2) is 0 Å². The number of nitrogens with one attached hydrogen (secondary N) is 1. The molecule has 1 aliphatic carbocycles. The zero-order valence-corrected chi connectivity index (χ0v) is 11.5. The van der Waals surface area contributed by atoms with Crippen LogP contribution in [0.4, 0.5) is 13.2 Å². The molecule has 2 nitrogen and oxygen atoms in total. The van der Waals surface area contributed by atoms with Crippen molar-refractivity contribution in [1.82, 2.24) is 5.32 Å². The molecule has 0 spiro atoms. The summed E-state index contributed by atoms with van der Waals surface area (Å²) in [5.74, 6) is -1.21. The van der Waals surface area contributed by atoms with Crippen molar-refractivity contribution < 1.29 is 18.0 Å². The summed E-state index contributed by atoms with van der Waals surface area (Å²) in [6.45, 7) is -0.145. The van der Waals surface area contributed by atoms with Gasteiger partial charge in [-0.15, -0.1) is 11.6 Å². The quantitative estimate of drug-likeness (QED) is 0.820. The first-order valence-corrected chi connectivity index (χ1v) is 6.88. The first-order valence-electron chi connectivity index (χ1n) is 6.44. The number of hydrogen-bond acceptors (Lipinski definition) is 1. The van der Waals surface area contributed by atoms with E-state index >= 15 is 0 Å². The van der Waals surface area contributed by atoms with E-state index in [1.54, 1.807) is 24.3 Å². The van der Waals surface area contributed by atoms with Gasteiger partial charge in [0.2, 0.25) is 0 Å². The van der Waals surface area contributed by atoms with E-state index in [9.17, 15) is 18.0 Å². The third kappa shape index (κ3) is 4.40. The van der Waals surface area contributed by atoms with Crippen LogP contribution in [-0.2, 0) is 11.3 Å². The standard InChI is InChI=1S/C14H15ClF3NO/c15-12(7-9-1-2-9)11-5-3-10(4-6-11)8-19-13(20)14(16,17)18/h3-6,9,12H,1-2,7-8H2,(H,19,20). The molecule has 0 bridgehead atoms. The number of hydrogen-bond donors (Lipinski definition) is 1. The smallest absolute Gasteiger partial charge is 0.344 e. The minimum absolute atomic E-state index is 0.0543. The predicted molar refractivity (Wildman–Crippen MR) is 70.3 cm³/mol. The molecular formula is C14H15ClF3NO. The molecule has 110 valence electrons. The summed E-state index contributed by atoms with van der Waals surface area (Å²) in [5, 5.41) is 1.78. The Kier molecular flexibility index (Phi) is 4.58. The molecular weight excluding hydrogens is 291 g/mol. The Morgan fingerprint density at radius 3 is 2.40 bits per heavy atom. The van der Waals surface area contributed by atoms with Crippen LogP contribution in [0.25, 0.3) is 0 Å². The third-order valence-corrected chi connectivity index (χ3v) is 3.72. The van der Waals surface area contributed by atoms with Crippen molar-refractivity contribution in [2.45, 2.75) is 37.4 Å². The summed E-state index contributed by atoms with van der Waals surface area (Å²) in [6, 6.07) is 6.98. The van der Waals surface area contributed by atoms with E-state index in [0.29, 0.717) is 11.5 Å². The highest BCUT2D eigenvalue weighted by Crippen LogP contribution is 2.40. The number of carbonyl (C=O) groups excluding carboxylic acids is 1. The molecule has 0 aliphatic heterocycles. The van der Waals surface area contributed by atoms with Crippen molar-refractivity contribution in [1.29, 1.82) is 0 Å². The fourth-order valence-electron chi connectivity index (χ4n) is 1.91. The Morgan fingerprint density at radius 2 is 1.90 bits per heavy atom. The van der Waals surface area contributed by atoms with Crippen LogP contribution in [-0.4, -0.2) is 12.1 Å². The van der Waals surface area contributed by atoms with Gasteiger partial charge in [-0.05, 0) is 23.5 Å². The predicted octanol–water partition coefficient (Wildman–Crippen LogP) is 3.95. The van der Waals surface area contributed by atoms with Crippen LogP contribution in [0.3, 0.4) is 0 Å². The highest BCUT2D eigenvalue weighted by molar-refractivity contribution is 6.20. The zero-order chi connectivity index (χ0) is 14.8. The van der Waals surface area contributed by atoms with Gasteiger partial charge in [0, 0.05) is 6.54 Å². The molecule has 1 saturated carbocycles. The first kappa shape index (κ1) is 15.2. The van der Waals surface area contributed by atoms with Gasteiger partial charge < -0.3 is 5.32 Å². The van der Waals surface area contributed by atoms with Crippen LogP contribution in [0.2, 0.25) is 0 Å². The van der Waals surface area contributed by atoms with Crippen LogP contribution >= 0.6 is 11.6 Å². The first-order chi connectivity index (χ1) is 9.36. The van der Waals surface area contributed by atoms with E-state index in [2.05, 4.69) is 0 Å². The number of benzene rings is 1. The minimum Gasteiger partial charge on any atom is -0.344 e. The van der Waals surface area contributed by atoms with Crippen LogP contribution < -0.4 is 5.32 Å². The summed E-state index contributed by atoms with van der Waals surface area (Å²) >= 11 is 6.26. The lowest BCUT2D eigenvalue weighted by molar-refractivity contribution is -0.173. The van der Waals surface area contributed by atoms with Gasteiger partial charge >= 0.3 is 12.1 Å². The van der Waals surface area contributed by atoms with Gasteiger partial charge in [0.25, 0.3) is 0 Å². The number of amides is 1. The minimum atomic E-state index is -4.84. The van der Waals surface area contributed by atoms with Gasteiger partial charge in [-0.1, -0.05) is 37.1 Å². The lowest BCUT2D eigenvalue weighted by Crippen LogP contribution is -2.36. The normalized spacial score (nSPS) is 16.8. The summed E-state index contributed by atoms with van der Waals surface area (Å²) in [5.41, 5.74) is 1.58. The van der Waals surface area contributed by atoms with Crippen molar-refractivity contribution in [3.8, 4) is 0 Å². The van der Waals surface area contributed by atoms with Gasteiger partial charge in [-0.2, -0.15) is 13.2 Å². The Labute approximate surface area is 120 Å². The average molecular weight is 306 g/mol. The molecule has 0 heterocycles. The van der Waals surface area contributed by atoms with Crippen molar-refractivity contribution in [2.75, 3.05) is 0 Å². The Hall–Kier alpha value is -1.23. The molecule has 6 heteroatoms. The topological polar surface area (TPSA) is 29.1 Å². The van der Waals surface area contributed by atoms with Crippen LogP contribution in [0.1, 0.15) is 35.8 Å². The summed E-state index contributed by atoms with van der Waals surface area (Å²) in [6.07, 6.45) is -1.45. The van der Waals surface area contributed by atoms with Crippen molar-refractivity contribution in [2.24, 2.45) is 5.92 Å². The molecule has 1 aromatic carbocycles. The molecule has 2 rings (SSSR count). The van der Waals surface area contributed by atoms with E-state index in [0.717, 1.165) is 12.0 Å². The number of rotatable bonds is 5. The fourth-order valence-corrected chi connectivity index (χ4v) is 2.31. The second-order valence-electron chi connectivity index (χ2n) is 5.07. The van der Waals surface area contributed by atoms with Crippen LogP contribution in [0, 0.1) is 5.92 Å². The maximum absolute atomic E-state index is 12.0. The van der Waals surface area contributed by atoms with E-state index in [-0.39, 0.29) is 11.9 Å². The lowest BCUT2D eigenvalue weighted by Gasteiger charge is -2.11. The fraction of sp³-hybridized carbons (Fsp3) is 0.500. The molecule has 0 saturated heterocycles. The largest absolute Gasteiger partial charge is 0.471 e. The second kappa shape index (κ2) is 6.04. The van der Waals surface area contributed by atoms with Crippen LogP contribution in [0.5, 0.6) is 0 Å². The second-order valence-corrected chi connectivity index (χ2v) is 5.60. The van der Waals surface area contributed by atoms with Gasteiger partial charge in [-0.3, -0.25) is 4.79 Å². The number of halogens is 4. The monoisotopic (exact) mass is 305 g/mol. The molecule has 1 amide bonds. The summed E-state index contributed by atoms with van der Waals surface area (Å²) in [4.78, 5) is 10.7. The Bertz CT molecular complexity index is 468. The molecule has 0 radical (unpaired) electrons. The van der Waals surface area contributed by atoms with Gasteiger partial charge in [0.05, 0.1) is 5.38 Å². The van der Waals surface area contributed by atoms with E-state index in [4.69, 9.17) is 11.6 Å². The molecule has 1 unspecified atom stereocenters. The molecule has 1 aliphatic rings. The highest BCUT2D eigenvalue weighted by atomic mass is 35.5. The third-order valence-electron chi connectivity index (χ3n) is 3.29. The maximum Gasteiger partial charge on any atom is 0.471 e. The van der Waals surface area contributed by atoms with Crippen molar-refractivity contribution >= 4 is 17.5 Å². The SMILES string of the molecule is O=C(NCc1ccc(C(Cl)CC2CC2)cc1)C(F)(F)F. The molecule has 1 N–H and O–H groups in total. The zero-order valence-electron chi connectivity index (χ0n) is 10.7. The van der Waals surface area contributed by atoms with E-state index in [1.165, 1.54) is 12.8 Å². The average Bonchev–Trinajstić information content (AvgIpc) is 3.19. The van der Waals surface area contributed by atoms with Gasteiger partial charge in [0.1, 0.15) is 0 Å². The maximum atomic E-state index is 12.0. The van der Waals surface area contributed by atoms with Crippen LogP contribution in [0.15, 0.2) is 24.3 Å². The molecule has 1 atom stereocenters. The summed E-state index contributed by atoms with van der Waals surface area (Å²) in [7, 11) is 0. The molecule has 0 aromatic heterocycles. The number of carbonyl (C=O) groups is 1. The molecule has 1 fully saturated rings. The molecule has 20 heavy (non-hydrogen) atoms. The number of alkyl halides is 4. The highest BCUT2D eigenvalue weighted by Gasteiger charge is 2.38.